The van der Waals surface area contributed by atoms with E-state index < -0.39 is 8.32 Å². The van der Waals surface area contributed by atoms with Gasteiger partial charge in [0.1, 0.15) is 0 Å². The van der Waals surface area contributed by atoms with Crippen molar-refractivity contribution in [1.29, 1.82) is 0 Å². The fourth-order valence-electron chi connectivity index (χ4n) is 2.73. The first-order chi connectivity index (χ1) is 14.6. The van der Waals surface area contributed by atoms with Crippen molar-refractivity contribution in [3.8, 4) is 0 Å². The lowest BCUT2D eigenvalue weighted by Gasteiger charge is -2.16. The molecule has 0 rings (SSSR count). The smallest absolute Gasteiger partial charge is 0.183 e. The molecule has 0 aliphatic heterocycles. The number of unbranched alkanes of at least 4 members (excludes halogenated alkanes) is 7. The van der Waals surface area contributed by atoms with Crippen LogP contribution in [0.5, 0.6) is 0 Å². The van der Waals surface area contributed by atoms with Crippen LogP contribution >= 0.6 is 0 Å². The summed E-state index contributed by atoms with van der Waals surface area (Å²) < 4.78 is 33.2. The van der Waals surface area contributed by atoms with E-state index in [-0.39, 0.29) is 0 Å². The van der Waals surface area contributed by atoms with Crippen LogP contribution in [0, 0.1) is 0 Å². The zero-order valence-corrected chi connectivity index (χ0v) is 21.4. The van der Waals surface area contributed by atoms with Crippen LogP contribution in [-0.2, 0) is 28.1 Å². The van der Waals surface area contributed by atoms with Crippen molar-refractivity contribution >= 4 is 8.32 Å². The molecule has 0 aliphatic carbocycles. The fourth-order valence-corrected chi connectivity index (χ4v) is 3.42. The third-order valence-corrected chi connectivity index (χ3v) is 5.46. The number of hydrogen-bond acceptors (Lipinski definition) is 6. The van der Waals surface area contributed by atoms with Gasteiger partial charge in [0.25, 0.3) is 0 Å². The minimum atomic E-state index is -1.42. The molecule has 0 aromatic heterocycles. The number of ether oxygens (including phenoxy) is 5. The second-order valence-corrected chi connectivity index (χ2v) is 13.0. The standard InChI is InChI=1S/C23H50O6Si/c1-5-6-7-8-9-10-11-12-13-24-14-15-25-16-17-26-18-19-27-20-21-28-22-23-29-30(2,3)4/h5-23H2,1-4H3. The van der Waals surface area contributed by atoms with Crippen LogP contribution in [0.25, 0.3) is 0 Å². The highest BCUT2D eigenvalue weighted by atomic mass is 28.4. The normalized spacial score (nSPS) is 12.0. The lowest BCUT2D eigenvalue weighted by atomic mass is 10.1. The van der Waals surface area contributed by atoms with E-state index in [9.17, 15) is 0 Å². The fraction of sp³-hybridized carbons (Fsp3) is 1.00. The van der Waals surface area contributed by atoms with Crippen molar-refractivity contribution in [2.45, 2.75) is 77.9 Å². The Morgan fingerprint density at radius 2 is 0.733 bits per heavy atom. The highest BCUT2D eigenvalue weighted by molar-refractivity contribution is 6.69. The van der Waals surface area contributed by atoms with Gasteiger partial charge in [-0.05, 0) is 26.1 Å². The van der Waals surface area contributed by atoms with Crippen LogP contribution in [0.4, 0.5) is 0 Å². The van der Waals surface area contributed by atoms with E-state index >= 15 is 0 Å². The van der Waals surface area contributed by atoms with Crippen molar-refractivity contribution in [2.75, 3.05) is 72.7 Å². The van der Waals surface area contributed by atoms with Gasteiger partial charge >= 0.3 is 0 Å². The molecule has 30 heavy (non-hydrogen) atoms. The van der Waals surface area contributed by atoms with Gasteiger partial charge in [0.15, 0.2) is 8.32 Å². The maximum atomic E-state index is 5.71. The van der Waals surface area contributed by atoms with Crippen LogP contribution in [0.3, 0.4) is 0 Å². The van der Waals surface area contributed by atoms with Crippen molar-refractivity contribution in [3.63, 3.8) is 0 Å². The minimum absolute atomic E-state index is 0.580. The molecule has 6 nitrogen and oxygen atoms in total. The second-order valence-electron chi connectivity index (χ2n) is 8.50. The maximum Gasteiger partial charge on any atom is 0.183 e. The SMILES string of the molecule is CCCCCCCCCCOCCOCCOCCOCCOCCO[Si](C)(C)C. The van der Waals surface area contributed by atoms with Gasteiger partial charge in [0, 0.05) is 6.61 Å². The number of hydrogen-bond donors (Lipinski definition) is 0. The summed E-state index contributed by atoms with van der Waals surface area (Å²) in [5, 5.41) is 0. The van der Waals surface area contributed by atoms with E-state index in [0.29, 0.717) is 66.1 Å². The third-order valence-electron chi connectivity index (χ3n) is 4.39. The Balaban J connectivity index is 3.02. The summed E-state index contributed by atoms with van der Waals surface area (Å²) in [5.74, 6) is 0. The molecule has 0 amide bonds. The van der Waals surface area contributed by atoms with E-state index in [1.165, 1.54) is 44.9 Å². The van der Waals surface area contributed by atoms with Crippen LogP contribution in [-0.4, -0.2) is 81.0 Å². The summed E-state index contributed by atoms with van der Waals surface area (Å²) in [5.41, 5.74) is 0. The topological polar surface area (TPSA) is 55.4 Å². The van der Waals surface area contributed by atoms with Crippen LogP contribution in [0.1, 0.15) is 58.3 Å². The molecule has 0 fully saturated rings. The zero-order chi connectivity index (χ0) is 22.2. The first-order valence-corrected chi connectivity index (χ1v) is 15.5. The summed E-state index contributed by atoms with van der Waals surface area (Å²) in [6.07, 6.45) is 10.6. The molecule has 0 aliphatic rings. The molecule has 0 spiro atoms. The highest BCUT2D eigenvalue weighted by Gasteiger charge is 2.12. The van der Waals surface area contributed by atoms with E-state index in [1.54, 1.807) is 0 Å². The Bertz CT molecular complexity index is 325. The van der Waals surface area contributed by atoms with E-state index in [2.05, 4.69) is 26.6 Å². The molecule has 7 heteroatoms. The minimum Gasteiger partial charge on any atom is -0.415 e. The van der Waals surface area contributed by atoms with Crippen LogP contribution in [0.2, 0.25) is 19.6 Å². The highest BCUT2D eigenvalue weighted by Crippen LogP contribution is 2.08. The van der Waals surface area contributed by atoms with Gasteiger partial charge in [-0.15, -0.1) is 0 Å². The molecule has 0 radical (unpaired) electrons. The summed E-state index contributed by atoms with van der Waals surface area (Å²) in [4.78, 5) is 0. The van der Waals surface area contributed by atoms with Crippen molar-refractivity contribution < 1.29 is 28.1 Å². The van der Waals surface area contributed by atoms with Gasteiger partial charge in [0.2, 0.25) is 0 Å². The van der Waals surface area contributed by atoms with Gasteiger partial charge in [-0.25, -0.2) is 0 Å². The maximum absolute atomic E-state index is 5.71. The third kappa shape index (κ3) is 28.0. The Hall–Kier alpha value is -0.0231. The molecular weight excluding hydrogens is 400 g/mol. The lowest BCUT2D eigenvalue weighted by molar-refractivity contribution is -0.0130. The first-order valence-electron chi connectivity index (χ1n) is 12.1. The lowest BCUT2D eigenvalue weighted by Crippen LogP contribution is -2.27. The van der Waals surface area contributed by atoms with Gasteiger partial charge < -0.3 is 28.1 Å². The van der Waals surface area contributed by atoms with Crippen molar-refractivity contribution in [3.05, 3.63) is 0 Å². The summed E-state index contributed by atoms with van der Waals surface area (Å²) in [6.45, 7) is 15.8. The summed E-state index contributed by atoms with van der Waals surface area (Å²) >= 11 is 0. The van der Waals surface area contributed by atoms with Gasteiger partial charge in [-0.3, -0.25) is 0 Å². The first kappa shape index (κ1) is 30.0. The molecule has 0 aromatic rings. The molecule has 0 bridgehead atoms. The Kier molecular flexibility index (Phi) is 23.6. The predicted octanol–water partition coefficient (Wildman–Crippen LogP) is 5.06. The largest absolute Gasteiger partial charge is 0.415 e. The summed E-state index contributed by atoms with van der Waals surface area (Å²) in [7, 11) is -1.42. The molecule has 0 N–H and O–H groups in total. The van der Waals surface area contributed by atoms with Gasteiger partial charge in [0.05, 0.1) is 66.1 Å². The number of rotatable bonds is 25. The molecule has 0 saturated heterocycles. The molecule has 0 unspecified atom stereocenters. The average molecular weight is 451 g/mol. The molecule has 182 valence electrons. The van der Waals surface area contributed by atoms with E-state index in [1.807, 2.05) is 0 Å². The van der Waals surface area contributed by atoms with Gasteiger partial charge in [-0.2, -0.15) is 0 Å². The van der Waals surface area contributed by atoms with Crippen LogP contribution < -0.4 is 0 Å². The van der Waals surface area contributed by atoms with E-state index in [0.717, 1.165) is 13.0 Å². The Labute approximate surface area is 187 Å². The molecule has 0 saturated carbocycles. The Morgan fingerprint density at radius 3 is 1.13 bits per heavy atom. The van der Waals surface area contributed by atoms with E-state index in [4.69, 9.17) is 28.1 Å². The average Bonchev–Trinajstić information content (AvgIpc) is 2.70. The molecular formula is C23H50O6Si. The molecule has 0 atom stereocenters. The zero-order valence-electron chi connectivity index (χ0n) is 20.4. The molecule has 0 heterocycles. The van der Waals surface area contributed by atoms with Crippen molar-refractivity contribution in [1.82, 2.24) is 0 Å². The van der Waals surface area contributed by atoms with Gasteiger partial charge in [-0.1, -0.05) is 51.9 Å². The monoisotopic (exact) mass is 450 g/mol. The quantitative estimate of drug-likeness (QED) is 0.143. The second kappa shape index (κ2) is 23.6. The van der Waals surface area contributed by atoms with Crippen molar-refractivity contribution in [2.24, 2.45) is 0 Å². The predicted molar refractivity (Wildman–Crippen MR) is 126 cm³/mol. The van der Waals surface area contributed by atoms with Crippen LogP contribution in [0.15, 0.2) is 0 Å². The Morgan fingerprint density at radius 1 is 0.400 bits per heavy atom. The molecule has 0 aromatic carbocycles. The summed E-state index contributed by atoms with van der Waals surface area (Å²) in [6, 6.07) is 0.